The highest BCUT2D eigenvalue weighted by molar-refractivity contribution is 7.09. The fourth-order valence-corrected chi connectivity index (χ4v) is 3.80. The summed E-state index contributed by atoms with van der Waals surface area (Å²) in [6.45, 7) is 2.21. The van der Waals surface area contributed by atoms with Crippen LogP contribution in [-0.2, 0) is 23.2 Å². The molecule has 1 fully saturated rings. The van der Waals surface area contributed by atoms with E-state index in [0.29, 0.717) is 30.8 Å². The third-order valence-corrected chi connectivity index (χ3v) is 5.59. The monoisotopic (exact) mass is 389 g/mol. The molecule has 1 atom stereocenters. The number of aromatic nitrogens is 2. The van der Waals surface area contributed by atoms with Crippen molar-refractivity contribution in [3.8, 4) is 0 Å². The van der Waals surface area contributed by atoms with Crippen molar-refractivity contribution < 1.29 is 14.4 Å². The number of likely N-dealkylation sites (tertiary alicyclic amines) is 1. The van der Waals surface area contributed by atoms with Gasteiger partial charge in [0.05, 0.1) is 17.9 Å². The van der Waals surface area contributed by atoms with Crippen LogP contribution in [0.1, 0.15) is 33.9 Å². The van der Waals surface area contributed by atoms with E-state index in [1.165, 1.54) is 4.90 Å². The van der Waals surface area contributed by atoms with Gasteiger partial charge in [0.1, 0.15) is 6.04 Å². The predicted octanol–water partition coefficient (Wildman–Crippen LogP) is 1.62. The number of anilines is 1. The van der Waals surface area contributed by atoms with Crippen LogP contribution < -0.4 is 5.32 Å². The minimum Gasteiger partial charge on any atom is -0.343 e. The van der Waals surface area contributed by atoms with Gasteiger partial charge >= 0.3 is 0 Å². The fourth-order valence-electron chi connectivity index (χ4n) is 3.10. The number of nitrogens with zero attached hydrogens (tertiary/aromatic N) is 4. The number of rotatable bonds is 5. The lowest BCUT2D eigenvalue weighted by Crippen LogP contribution is -2.41. The van der Waals surface area contributed by atoms with Crippen LogP contribution >= 0.6 is 11.3 Å². The molecule has 8 nitrogen and oxygen atoms in total. The zero-order valence-corrected chi connectivity index (χ0v) is 16.7. The van der Waals surface area contributed by atoms with Crippen molar-refractivity contribution in [1.82, 2.24) is 19.6 Å². The maximum absolute atomic E-state index is 12.9. The largest absolute Gasteiger partial charge is 0.343 e. The highest BCUT2D eigenvalue weighted by Crippen LogP contribution is 2.26. The zero-order chi connectivity index (χ0) is 19.7. The molecule has 3 heterocycles. The Balaban J connectivity index is 1.82. The SMILES string of the molecule is Cc1c(NC(=O)C2CCC(=O)N2Cc2cccs2)c(C(=O)N(C)C)nn1C. The molecule has 3 rings (SSSR count). The third kappa shape index (κ3) is 3.73. The maximum atomic E-state index is 12.9. The molecule has 144 valence electrons. The Morgan fingerprint density at radius 2 is 2.15 bits per heavy atom. The summed E-state index contributed by atoms with van der Waals surface area (Å²) in [7, 11) is 4.99. The Kier molecular flexibility index (Phi) is 5.31. The molecular weight excluding hydrogens is 366 g/mol. The summed E-state index contributed by atoms with van der Waals surface area (Å²) >= 11 is 1.56. The molecule has 0 aliphatic carbocycles. The lowest BCUT2D eigenvalue weighted by atomic mass is 10.2. The van der Waals surface area contributed by atoms with E-state index in [4.69, 9.17) is 0 Å². The first-order chi connectivity index (χ1) is 12.8. The van der Waals surface area contributed by atoms with E-state index in [-0.39, 0.29) is 23.4 Å². The van der Waals surface area contributed by atoms with E-state index in [2.05, 4.69) is 10.4 Å². The van der Waals surface area contributed by atoms with E-state index in [9.17, 15) is 14.4 Å². The quantitative estimate of drug-likeness (QED) is 0.842. The summed E-state index contributed by atoms with van der Waals surface area (Å²) in [6.07, 6.45) is 0.811. The number of carbonyl (C=O) groups excluding carboxylic acids is 3. The minimum atomic E-state index is -0.554. The molecule has 2 aromatic rings. The molecule has 1 aliphatic heterocycles. The molecule has 1 aliphatic rings. The highest BCUT2D eigenvalue weighted by atomic mass is 32.1. The molecule has 0 bridgehead atoms. The van der Waals surface area contributed by atoms with Gasteiger partial charge in [-0.3, -0.25) is 19.1 Å². The van der Waals surface area contributed by atoms with Gasteiger partial charge in [-0.2, -0.15) is 5.10 Å². The van der Waals surface area contributed by atoms with Crippen LogP contribution in [-0.4, -0.2) is 57.4 Å². The molecular formula is C18H23N5O3S. The second-order valence-electron chi connectivity index (χ2n) is 6.78. The second-order valence-corrected chi connectivity index (χ2v) is 7.81. The Labute approximate surface area is 161 Å². The normalized spacial score (nSPS) is 16.7. The number of amides is 3. The van der Waals surface area contributed by atoms with Gasteiger partial charge in [-0.1, -0.05) is 6.07 Å². The Morgan fingerprint density at radius 1 is 1.41 bits per heavy atom. The van der Waals surface area contributed by atoms with E-state index in [1.54, 1.807) is 49.0 Å². The number of carbonyl (C=O) groups is 3. The van der Waals surface area contributed by atoms with Gasteiger partial charge in [-0.05, 0) is 24.8 Å². The van der Waals surface area contributed by atoms with Crippen molar-refractivity contribution in [2.45, 2.75) is 32.4 Å². The number of thiophene rings is 1. The van der Waals surface area contributed by atoms with Crippen molar-refractivity contribution in [3.63, 3.8) is 0 Å². The van der Waals surface area contributed by atoms with Gasteiger partial charge in [-0.25, -0.2) is 0 Å². The van der Waals surface area contributed by atoms with Crippen LogP contribution in [0.15, 0.2) is 17.5 Å². The molecule has 9 heteroatoms. The van der Waals surface area contributed by atoms with Crippen LogP contribution in [0.2, 0.25) is 0 Å². The molecule has 1 saturated heterocycles. The third-order valence-electron chi connectivity index (χ3n) is 4.73. The smallest absolute Gasteiger partial charge is 0.276 e. The van der Waals surface area contributed by atoms with Crippen molar-refractivity contribution in [2.24, 2.45) is 7.05 Å². The summed E-state index contributed by atoms with van der Waals surface area (Å²) in [6, 6.07) is 3.32. The summed E-state index contributed by atoms with van der Waals surface area (Å²) in [4.78, 5) is 41.7. The fraction of sp³-hybridized carbons (Fsp3) is 0.444. The van der Waals surface area contributed by atoms with Crippen LogP contribution in [0.25, 0.3) is 0 Å². The predicted molar refractivity (Wildman–Crippen MR) is 102 cm³/mol. The topological polar surface area (TPSA) is 87.5 Å². The summed E-state index contributed by atoms with van der Waals surface area (Å²) in [5, 5.41) is 9.03. The van der Waals surface area contributed by atoms with E-state index in [0.717, 1.165) is 4.88 Å². The number of nitrogens with one attached hydrogen (secondary N) is 1. The molecule has 2 aromatic heterocycles. The van der Waals surface area contributed by atoms with E-state index < -0.39 is 6.04 Å². The first-order valence-electron chi connectivity index (χ1n) is 8.67. The van der Waals surface area contributed by atoms with Crippen molar-refractivity contribution in [3.05, 3.63) is 33.8 Å². The van der Waals surface area contributed by atoms with Crippen molar-refractivity contribution in [1.29, 1.82) is 0 Å². The number of hydrogen-bond donors (Lipinski definition) is 1. The van der Waals surface area contributed by atoms with E-state index >= 15 is 0 Å². The Bertz CT molecular complexity index is 872. The molecule has 27 heavy (non-hydrogen) atoms. The van der Waals surface area contributed by atoms with Crippen LogP contribution in [0.5, 0.6) is 0 Å². The maximum Gasteiger partial charge on any atom is 0.276 e. The average molecular weight is 389 g/mol. The van der Waals surface area contributed by atoms with Gasteiger partial charge < -0.3 is 15.1 Å². The van der Waals surface area contributed by atoms with Gasteiger partial charge in [0, 0.05) is 32.4 Å². The van der Waals surface area contributed by atoms with Gasteiger partial charge in [0.2, 0.25) is 11.8 Å². The molecule has 0 aromatic carbocycles. The summed E-state index contributed by atoms with van der Waals surface area (Å²) < 4.78 is 1.57. The van der Waals surface area contributed by atoms with Crippen molar-refractivity contribution >= 4 is 34.7 Å². The lowest BCUT2D eigenvalue weighted by molar-refractivity contribution is -0.133. The molecule has 1 N–H and O–H groups in total. The molecule has 0 spiro atoms. The van der Waals surface area contributed by atoms with Gasteiger partial charge in [0.15, 0.2) is 5.69 Å². The second kappa shape index (κ2) is 7.51. The Morgan fingerprint density at radius 3 is 2.78 bits per heavy atom. The number of hydrogen-bond acceptors (Lipinski definition) is 5. The summed E-state index contributed by atoms with van der Waals surface area (Å²) in [5.41, 5.74) is 1.28. The minimum absolute atomic E-state index is 0.0314. The van der Waals surface area contributed by atoms with Crippen LogP contribution in [0.3, 0.4) is 0 Å². The van der Waals surface area contributed by atoms with Crippen LogP contribution in [0, 0.1) is 6.92 Å². The molecule has 3 amide bonds. The molecule has 1 unspecified atom stereocenters. The van der Waals surface area contributed by atoms with Gasteiger partial charge in [0.25, 0.3) is 5.91 Å². The van der Waals surface area contributed by atoms with Crippen LogP contribution in [0.4, 0.5) is 5.69 Å². The zero-order valence-electron chi connectivity index (χ0n) is 15.9. The van der Waals surface area contributed by atoms with Gasteiger partial charge in [-0.15, -0.1) is 11.3 Å². The first-order valence-corrected chi connectivity index (χ1v) is 9.55. The average Bonchev–Trinajstić information content (AvgIpc) is 3.32. The lowest BCUT2D eigenvalue weighted by Gasteiger charge is -2.23. The Hall–Kier alpha value is -2.68. The standard InChI is InChI=1S/C18H23N5O3S/c1-11-15(16(20-22(11)4)18(26)21(2)3)19-17(25)13-7-8-14(24)23(13)10-12-6-5-9-27-12/h5-6,9,13H,7-8,10H2,1-4H3,(H,19,25). The number of aryl methyl sites for hydroxylation is 1. The molecule has 0 radical (unpaired) electrons. The summed E-state index contributed by atoms with van der Waals surface area (Å²) in [5.74, 6) is -0.607. The molecule has 0 saturated carbocycles. The van der Waals surface area contributed by atoms with Crippen molar-refractivity contribution in [2.75, 3.05) is 19.4 Å². The first kappa shape index (κ1) is 19.1. The highest BCUT2D eigenvalue weighted by Gasteiger charge is 2.37. The van der Waals surface area contributed by atoms with E-state index in [1.807, 2.05) is 17.5 Å².